The van der Waals surface area contributed by atoms with E-state index in [1.165, 1.54) is 16.7 Å². The van der Waals surface area contributed by atoms with E-state index in [4.69, 9.17) is 0 Å². The standard InChI is InChI=1S/C14H21OP/c1-4-10-7-8-13(14(15)9-16)12(6-3)11(10)5-2/h7-8H,4-6,9,16H2,1-3H3. The summed E-state index contributed by atoms with van der Waals surface area (Å²) in [5.41, 5.74) is 4.95. The molecule has 0 saturated heterocycles. The molecule has 1 aromatic rings. The van der Waals surface area contributed by atoms with Crippen LogP contribution in [0.15, 0.2) is 12.1 Å². The van der Waals surface area contributed by atoms with Gasteiger partial charge in [-0.1, -0.05) is 32.9 Å². The van der Waals surface area contributed by atoms with Crippen molar-refractivity contribution in [3.63, 3.8) is 0 Å². The lowest BCUT2D eigenvalue weighted by molar-refractivity contribution is 0.102. The summed E-state index contributed by atoms with van der Waals surface area (Å²) in [6.45, 7) is 6.47. The van der Waals surface area contributed by atoms with Gasteiger partial charge in [-0.05, 0) is 36.0 Å². The van der Waals surface area contributed by atoms with Crippen LogP contribution in [0, 0.1) is 0 Å². The molecule has 2 heteroatoms. The molecular weight excluding hydrogens is 215 g/mol. The highest BCUT2D eigenvalue weighted by Crippen LogP contribution is 2.22. The number of benzene rings is 1. The summed E-state index contributed by atoms with van der Waals surface area (Å²) in [7, 11) is 2.52. The van der Waals surface area contributed by atoms with E-state index < -0.39 is 0 Å². The molecule has 0 aliphatic heterocycles. The zero-order valence-electron chi connectivity index (χ0n) is 10.5. The first-order valence-electron chi connectivity index (χ1n) is 6.06. The Labute approximate surface area is 101 Å². The van der Waals surface area contributed by atoms with Gasteiger partial charge in [0.25, 0.3) is 0 Å². The van der Waals surface area contributed by atoms with Gasteiger partial charge in [0.05, 0.1) is 0 Å². The summed E-state index contributed by atoms with van der Waals surface area (Å²) in [6.07, 6.45) is 3.53. The first kappa shape index (κ1) is 13.4. The molecule has 1 rings (SSSR count). The minimum atomic E-state index is 0.235. The van der Waals surface area contributed by atoms with E-state index in [2.05, 4.69) is 36.1 Å². The number of carbonyl (C=O) groups excluding carboxylic acids is 1. The van der Waals surface area contributed by atoms with E-state index >= 15 is 0 Å². The maximum Gasteiger partial charge on any atom is 0.166 e. The summed E-state index contributed by atoms with van der Waals surface area (Å²) in [5, 5.41) is 0. The number of hydrogen-bond donors (Lipinski definition) is 0. The second-order valence-electron chi connectivity index (χ2n) is 3.92. The molecule has 0 aliphatic carbocycles. The van der Waals surface area contributed by atoms with Crippen molar-refractivity contribution in [3.05, 3.63) is 34.4 Å². The number of aryl methyl sites for hydroxylation is 1. The average molecular weight is 236 g/mol. The van der Waals surface area contributed by atoms with Gasteiger partial charge in [-0.3, -0.25) is 4.79 Å². The van der Waals surface area contributed by atoms with Crippen LogP contribution in [0.3, 0.4) is 0 Å². The summed E-state index contributed by atoms with van der Waals surface area (Å²) in [5.74, 6) is 0.235. The molecule has 0 amide bonds. The Morgan fingerprint density at radius 2 is 1.69 bits per heavy atom. The fourth-order valence-electron chi connectivity index (χ4n) is 2.29. The molecule has 0 aromatic heterocycles. The van der Waals surface area contributed by atoms with E-state index in [1.54, 1.807) is 0 Å². The van der Waals surface area contributed by atoms with Gasteiger partial charge in [-0.2, -0.15) is 0 Å². The third-order valence-electron chi connectivity index (χ3n) is 3.10. The number of hydrogen-bond acceptors (Lipinski definition) is 1. The molecule has 1 aromatic carbocycles. The Bertz CT molecular complexity index is 383. The Balaban J connectivity index is 3.37. The number of Topliss-reactive ketones (excluding diaryl/α,β-unsaturated/α-hetero) is 1. The molecule has 1 unspecified atom stereocenters. The van der Waals surface area contributed by atoms with Crippen LogP contribution in [0.25, 0.3) is 0 Å². The fraction of sp³-hybridized carbons (Fsp3) is 0.500. The van der Waals surface area contributed by atoms with E-state index in [1.807, 2.05) is 6.07 Å². The molecular formula is C14H21OP. The third kappa shape index (κ3) is 2.52. The van der Waals surface area contributed by atoms with Crippen molar-refractivity contribution in [1.82, 2.24) is 0 Å². The van der Waals surface area contributed by atoms with Crippen molar-refractivity contribution < 1.29 is 4.79 Å². The summed E-state index contributed by atoms with van der Waals surface area (Å²) in [4.78, 5) is 11.8. The minimum Gasteiger partial charge on any atom is -0.294 e. The van der Waals surface area contributed by atoms with Gasteiger partial charge in [-0.15, -0.1) is 9.24 Å². The lowest BCUT2D eigenvalue weighted by atomic mass is 9.90. The number of ketones is 1. The van der Waals surface area contributed by atoms with Crippen molar-refractivity contribution in [3.8, 4) is 0 Å². The number of carbonyl (C=O) groups is 1. The molecule has 0 saturated carbocycles. The second kappa shape index (κ2) is 6.15. The van der Waals surface area contributed by atoms with Crippen molar-refractivity contribution >= 4 is 15.0 Å². The molecule has 1 nitrogen and oxygen atoms in total. The lowest BCUT2D eigenvalue weighted by Gasteiger charge is -2.15. The Kier molecular flexibility index (Phi) is 5.15. The van der Waals surface area contributed by atoms with Gasteiger partial charge in [0.2, 0.25) is 0 Å². The summed E-state index contributed by atoms with van der Waals surface area (Å²) in [6, 6.07) is 4.12. The van der Waals surface area contributed by atoms with Gasteiger partial charge in [0.15, 0.2) is 5.78 Å². The first-order chi connectivity index (χ1) is 7.69. The Morgan fingerprint density at radius 1 is 1.06 bits per heavy atom. The van der Waals surface area contributed by atoms with Crippen LogP contribution >= 0.6 is 9.24 Å². The highest BCUT2D eigenvalue weighted by atomic mass is 31.0. The monoisotopic (exact) mass is 236 g/mol. The molecule has 0 N–H and O–H groups in total. The summed E-state index contributed by atoms with van der Waals surface area (Å²) >= 11 is 0. The second-order valence-corrected chi connectivity index (χ2v) is 4.33. The lowest BCUT2D eigenvalue weighted by Crippen LogP contribution is -2.09. The average Bonchev–Trinajstić information content (AvgIpc) is 2.35. The van der Waals surface area contributed by atoms with Crippen LogP contribution in [0.2, 0.25) is 0 Å². The number of rotatable bonds is 5. The molecule has 0 radical (unpaired) electrons. The molecule has 0 spiro atoms. The normalized spacial score (nSPS) is 10.5. The van der Waals surface area contributed by atoms with Crippen molar-refractivity contribution in [2.45, 2.75) is 40.0 Å². The maximum absolute atomic E-state index is 11.8. The summed E-state index contributed by atoms with van der Waals surface area (Å²) < 4.78 is 0. The third-order valence-corrected chi connectivity index (χ3v) is 3.47. The molecule has 0 heterocycles. The van der Waals surface area contributed by atoms with Gasteiger partial charge in [0, 0.05) is 11.7 Å². The Morgan fingerprint density at radius 3 is 2.12 bits per heavy atom. The van der Waals surface area contributed by atoms with Crippen molar-refractivity contribution in [1.29, 1.82) is 0 Å². The predicted octanol–water partition coefficient (Wildman–Crippen LogP) is 3.43. The molecule has 0 aliphatic rings. The predicted molar refractivity (Wildman–Crippen MR) is 73.5 cm³/mol. The van der Waals surface area contributed by atoms with Gasteiger partial charge >= 0.3 is 0 Å². The van der Waals surface area contributed by atoms with Crippen LogP contribution in [-0.4, -0.2) is 11.9 Å². The quantitative estimate of drug-likeness (QED) is 0.565. The fourth-order valence-corrected chi connectivity index (χ4v) is 2.51. The van der Waals surface area contributed by atoms with Crippen LogP contribution < -0.4 is 0 Å². The minimum absolute atomic E-state index is 0.235. The molecule has 88 valence electrons. The van der Waals surface area contributed by atoms with E-state index in [-0.39, 0.29) is 5.78 Å². The van der Waals surface area contributed by atoms with Gasteiger partial charge in [0.1, 0.15) is 0 Å². The van der Waals surface area contributed by atoms with Gasteiger partial charge in [-0.25, -0.2) is 0 Å². The largest absolute Gasteiger partial charge is 0.294 e. The molecule has 1 atom stereocenters. The molecule has 0 fully saturated rings. The Hall–Kier alpha value is -0.680. The van der Waals surface area contributed by atoms with E-state index in [0.29, 0.717) is 6.16 Å². The highest BCUT2D eigenvalue weighted by Gasteiger charge is 2.13. The SMILES string of the molecule is CCc1ccc(C(=O)CP)c(CC)c1CC. The highest BCUT2D eigenvalue weighted by molar-refractivity contribution is 7.18. The molecule has 0 bridgehead atoms. The van der Waals surface area contributed by atoms with Crippen LogP contribution in [-0.2, 0) is 19.3 Å². The molecule has 16 heavy (non-hydrogen) atoms. The first-order valence-corrected chi connectivity index (χ1v) is 6.88. The zero-order valence-corrected chi connectivity index (χ0v) is 11.6. The van der Waals surface area contributed by atoms with Crippen molar-refractivity contribution in [2.24, 2.45) is 0 Å². The van der Waals surface area contributed by atoms with E-state index in [0.717, 1.165) is 24.8 Å². The van der Waals surface area contributed by atoms with Gasteiger partial charge < -0.3 is 0 Å². The van der Waals surface area contributed by atoms with Crippen LogP contribution in [0.5, 0.6) is 0 Å². The van der Waals surface area contributed by atoms with E-state index in [9.17, 15) is 4.79 Å². The van der Waals surface area contributed by atoms with Crippen LogP contribution in [0.1, 0.15) is 47.8 Å². The maximum atomic E-state index is 11.8. The van der Waals surface area contributed by atoms with Crippen molar-refractivity contribution in [2.75, 3.05) is 6.16 Å². The zero-order chi connectivity index (χ0) is 12.1. The van der Waals surface area contributed by atoms with Crippen LogP contribution in [0.4, 0.5) is 0 Å². The topological polar surface area (TPSA) is 17.1 Å². The smallest absolute Gasteiger partial charge is 0.166 e.